The fraction of sp³-hybridized carbons (Fsp3) is 0.500. The maximum Gasteiger partial charge on any atom is 0.166 e. The van der Waals surface area contributed by atoms with Crippen molar-refractivity contribution in [3.05, 3.63) is 34.9 Å². The summed E-state index contributed by atoms with van der Waals surface area (Å²) in [5.41, 5.74) is 1.14. The number of carbonyl (C=O) groups excluding carboxylic acids is 1. The zero-order chi connectivity index (χ0) is 11.9. The van der Waals surface area contributed by atoms with Gasteiger partial charge in [-0.2, -0.15) is 0 Å². The molecule has 0 bridgehead atoms. The lowest BCUT2D eigenvalue weighted by Gasteiger charge is -2.23. The van der Waals surface area contributed by atoms with Crippen LogP contribution < -0.4 is 5.32 Å². The van der Waals surface area contributed by atoms with Crippen molar-refractivity contribution >= 4 is 17.4 Å². The van der Waals surface area contributed by atoms with E-state index in [-0.39, 0.29) is 5.92 Å². The van der Waals surface area contributed by atoms with Crippen molar-refractivity contribution < 1.29 is 4.79 Å². The number of hydrogen-bond acceptors (Lipinski definition) is 2. The topological polar surface area (TPSA) is 29.1 Å². The second-order valence-electron chi connectivity index (χ2n) is 5.24. The Labute approximate surface area is 106 Å². The lowest BCUT2D eigenvalue weighted by molar-refractivity contribution is 0.0940. The van der Waals surface area contributed by atoms with Gasteiger partial charge in [0.25, 0.3) is 0 Å². The minimum absolute atomic E-state index is 0.255. The van der Waals surface area contributed by atoms with Gasteiger partial charge in [0, 0.05) is 16.5 Å². The summed E-state index contributed by atoms with van der Waals surface area (Å²) in [5, 5.41) is 4.05. The first-order valence-corrected chi connectivity index (χ1v) is 6.60. The van der Waals surface area contributed by atoms with Gasteiger partial charge in [0.1, 0.15) is 0 Å². The Bertz CT molecular complexity index is 434. The number of halogens is 1. The minimum Gasteiger partial charge on any atom is -0.317 e. The third-order valence-corrected chi connectivity index (χ3v) is 4.49. The number of piperidine rings is 1. The first kappa shape index (κ1) is 11.2. The van der Waals surface area contributed by atoms with Crippen LogP contribution >= 0.6 is 11.6 Å². The standard InChI is InChI=1S/C14H16ClNO/c15-11-3-1-10(2-4-11)13(17)12-9-14(12)5-7-16-8-6-14/h1-4,12,16H,5-9H2. The van der Waals surface area contributed by atoms with Gasteiger partial charge in [-0.1, -0.05) is 11.6 Å². The van der Waals surface area contributed by atoms with E-state index < -0.39 is 0 Å². The molecule has 1 aromatic rings. The highest BCUT2D eigenvalue weighted by Crippen LogP contribution is 2.59. The molecule has 1 N–H and O–H groups in total. The summed E-state index contributed by atoms with van der Waals surface area (Å²) in [4.78, 5) is 12.3. The van der Waals surface area contributed by atoms with Gasteiger partial charge >= 0.3 is 0 Å². The second kappa shape index (κ2) is 4.11. The van der Waals surface area contributed by atoms with E-state index in [1.165, 1.54) is 0 Å². The third-order valence-electron chi connectivity index (χ3n) is 4.23. The first-order chi connectivity index (χ1) is 8.21. The van der Waals surface area contributed by atoms with Crippen LogP contribution in [-0.4, -0.2) is 18.9 Å². The van der Waals surface area contributed by atoms with E-state index in [9.17, 15) is 4.79 Å². The van der Waals surface area contributed by atoms with Gasteiger partial charge in [0.2, 0.25) is 0 Å². The molecule has 1 saturated carbocycles. The Kier molecular flexibility index (Phi) is 2.72. The Hall–Kier alpha value is -0.860. The number of Topliss-reactive ketones (excluding diaryl/α,β-unsaturated/α-hetero) is 1. The highest BCUT2D eigenvalue weighted by atomic mass is 35.5. The molecule has 1 saturated heterocycles. The van der Waals surface area contributed by atoms with Crippen molar-refractivity contribution in [2.45, 2.75) is 19.3 Å². The van der Waals surface area contributed by atoms with Gasteiger partial charge in [-0.25, -0.2) is 0 Å². The molecule has 0 aromatic heterocycles. The van der Waals surface area contributed by atoms with E-state index in [2.05, 4.69) is 5.32 Å². The highest BCUT2D eigenvalue weighted by Gasteiger charge is 2.57. The Balaban J connectivity index is 1.74. The Morgan fingerprint density at radius 2 is 1.88 bits per heavy atom. The maximum absolute atomic E-state index is 12.3. The van der Waals surface area contributed by atoms with Crippen molar-refractivity contribution in [3.63, 3.8) is 0 Å². The number of ketones is 1. The predicted molar refractivity (Wildman–Crippen MR) is 68.4 cm³/mol. The number of rotatable bonds is 2. The molecule has 2 nitrogen and oxygen atoms in total. The summed E-state index contributed by atoms with van der Waals surface area (Å²) in [6.07, 6.45) is 3.38. The first-order valence-electron chi connectivity index (χ1n) is 6.22. The molecule has 3 rings (SSSR count). The molecule has 0 amide bonds. The molecule has 1 aliphatic carbocycles. The quantitative estimate of drug-likeness (QED) is 0.817. The van der Waals surface area contributed by atoms with Gasteiger partial charge in [-0.15, -0.1) is 0 Å². The van der Waals surface area contributed by atoms with Crippen molar-refractivity contribution in [2.75, 3.05) is 13.1 Å². The molecule has 1 aliphatic heterocycles. The van der Waals surface area contributed by atoms with Crippen LogP contribution in [-0.2, 0) is 0 Å². The number of benzene rings is 1. The molecule has 17 heavy (non-hydrogen) atoms. The molecule has 2 aliphatic rings. The van der Waals surface area contributed by atoms with Crippen molar-refractivity contribution in [1.29, 1.82) is 0 Å². The van der Waals surface area contributed by atoms with E-state index in [0.717, 1.165) is 37.9 Å². The lowest BCUT2D eigenvalue weighted by Crippen LogP contribution is -2.30. The normalized spacial score (nSPS) is 25.8. The van der Waals surface area contributed by atoms with Crippen LogP contribution in [0.3, 0.4) is 0 Å². The van der Waals surface area contributed by atoms with Gasteiger partial charge < -0.3 is 5.32 Å². The van der Waals surface area contributed by atoms with Crippen LogP contribution in [0.1, 0.15) is 29.6 Å². The smallest absolute Gasteiger partial charge is 0.166 e. The van der Waals surface area contributed by atoms with Crippen LogP contribution in [0.2, 0.25) is 5.02 Å². The summed E-state index contributed by atoms with van der Waals surface area (Å²) >= 11 is 5.83. The second-order valence-corrected chi connectivity index (χ2v) is 5.68. The van der Waals surface area contributed by atoms with Crippen molar-refractivity contribution in [2.24, 2.45) is 11.3 Å². The maximum atomic E-state index is 12.3. The molecule has 2 fully saturated rings. The molecule has 1 spiro atoms. The van der Waals surface area contributed by atoms with Crippen LogP contribution in [0.15, 0.2) is 24.3 Å². The van der Waals surface area contributed by atoms with Crippen LogP contribution in [0.5, 0.6) is 0 Å². The molecule has 1 atom stereocenters. The fourth-order valence-electron chi connectivity index (χ4n) is 3.01. The molecule has 90 valence electrons. The van der Waals surface area contributed by atoms with E-state index in [0.29, 0.717) is 16.2 Å². The van der Waals surface area contributed by atoms with Gasteiger partial charge in [0.15, 0.2) is 5.78 Å². The molecule has 1 aromatic carbocycles. The third kappa shape index (κ3) is 2.00. The van der Waals surface area contributed by atoms with Crippen LogP contribution in [0, 0.1) is 11.3 Å². The average molecular weight is 250 g/mol. The van der Waals surface area contributed by atoms with E-state index in [1.807, 2.05) is 12.1 Å². The summed E-state index contributed by atoms with van der Waals surface area (Å²) in [6, 6.07) is 7.29. The highest BCUT2D eigenvalue weighted by molar-refractivity contribution is 6.30. The summed E-state index contributed by atoms with van der Waals surface area (Å²) in [6.45, 7) is 2.12. The van der Waals surface area contributed by atoms with Gasteiger partial charge in [0.05, 0.1) is 0 Å². The zero-order valence-electron chi connectivity index (χ0n) is 9.71. The minimum atomic E-state index is 0.255. The number of hydrogen-bond donors (Lipinski definition) is 1. The summed E-state index contributed by atoms with van der Waals surface area (Å²) in [5.74, 6) is 0.564. The molecule has 1 unspecified atom stereocenters. The van der Waals surface area contributed by atoms with E-state index in [1.54, 1.807) is 12.1 Å². The molecular weight excluding hydrogens is 234 g/mol. The van der Waals surface area contributed by atoms with E-state index >= 15 is 0 Å². The monoisotopic (exact) mass is 249 g/mol. The van der Waals surface area contributed by atoms with Gasteiger partial charge in [-0.3, -0.25) is 4.79 Å². The summed E-state index contributed by atoms with van der Waals surface area (Å²) < 4.78 is 0. The van der Waals surface area contributed by atoms with Crippen molar-refractivity contribution in [3.8, 4) is 0 Å². The molecule has 3 heteroatoms. The number of nitrogens with one attached hydrogen (secondary N) is 1. The average Bonchev–Trinajstić information content (AvgIpc) is 3.04. The molecule has 0 radical (unpaired) electrons. The Morgan fingerprint density at radius 3 is 2.53 bits per heavy atom. The van der Waals surface area contributed by atoms with Crippen LogP contribution in [0.25, 0.3) is 0 Å². The molecular formula is C14H16ClNO. The number of carbonyl (C=O) groups is 1. The Morgan fingerprint density at radius 1 is 1.24 bits per heavy atom. The predicted octanol–water partition coefficient (Wildman–Crippen LogP) is 2.91. The van der Waals surface area contributed by atoms with Crippen molar-refractivity contribution in [1.82, 2.24) is 5.32 Å². The molecule has 1 heterocycles. The fourth-order valence-corrected chi connectivity index (χ4v) is 3.14. The summed E-state index contributed by atoms with van der Waals surface area (Å²) in [7, 11) is 0. The SMILES string of the molecule is O=C(c1ccc(Cl)cc1)C1CC12CCNCC2. The zero-order valence-corrected chi connectivity index (χ0v) is 10.5. The lowest BCUT2D eigenvalue weighted by atomic mass is 9.89. The largest absolute Gasteiger partial charge is 0.317 e. The van der Waals surface area contributed by atoms with Crippen LogP contribution in [0.4, 0.5) is 0 Å². The van der Waals surface area contributed by atoms with E-state index in [4.69, 9.17) is 11.6 Å². The van der Waals surface area contributed by atoms with Gasteiger partial charge in [-0.05, 0) is 62.0 Å².